The molecule has 3 heterocycles. The molecule has 5 nitrogen and oxygen atoms in total. The van der Waals surface area contributed by atoms with Crippen LogP contribution in [0.3, 0.4) is 0 Å². The fraction of sp³-hybridized carbons (Fsp3) is 0.875. The molecule has 1 atom stereocenters. The van der Waals surface area contributed by atoms with Gasteiger partial charge < -0.3 is 9.42 Å². The average molecular weight is 292 g/mol. The Balaban J connectivity index is 1.60. The lowest BCUT2D eigenvalue weighted by Crippen LogP contribution is -2.51. The fourth-order valence-corrected chi connectivity index (χ4v) is 4.10. The minimum absolute atomic E-state index is 0.498. The first-order valence-corrected chi connectivity index (χ1v) is 8.41. The first-order valence-electron chi connectivity index (χ1n) is 8.41. The van der Waals surface area contributed by atoms with E-state index in [1.165, 1.54) is 45.3 Å². The summed E-state index contributed by atoms with van der Waals surface area (Å²) in [5.41, 5.74) is 0.498. The smallest absolute Gasteiger partial charge is 0.240 e. The molecule has 0 saturated carbocycles. The first kappa shape index (κ1) is 15.0. The molecule has 1 unspecified atom stereocenters. The topological polar surface area (TPSA) is 45.4 Å². The molecule has 2 aliphatic heterocycles. The van der Waals surface area contributed by atoms with Gasteiger partial charge in [-0.1, -0.05) is 12.1 Å². The van der Waals surface area contributed by atoms with Crippen molar-refractivity contribution in [1.82, 2.24) is 19.9 Å². The molecular weight excluding hydrogens is 264 g/mol. The predicted octanol–water partition coefficient (Wildman–Crippen LogP) is 2.33. The lowest BCUT2D eigenvalue weighted by atomic mass is 9.74. The zero-order valence-electron chi connectivity index (χ0n) is 13.5. The van der Waals surface area contributed by atoms with Crippen LogP contribution in [0, 0.1) is 5.41 Å². The molecule has 1 spiro atoms. The molecular formula is C16H28N4O. The highest BCUT2D eigenvalue weighted by atomic mass is 16.5. The van der Waals surface area contributed by atoms with Gasteiger partial charge in [-0.05, 0) is 57.7 Å². The van der Waals surface area contributed by atoms with E-state index < -0.39 is 0 Å². The van der Waals surface area contributed by atoms with Crippen LogP contribution in [0.1, 0.15) is 50.7 Å². The van der Waals surface area contributed by atoms with Gasteiger partial charge in [-0.3, -0.25) is 4.90 Å². The maximum atomic E-state index is 5.40. The maximum absolute atomic E-state index is 5.40. The van der Waals surface area contributed by atoms with E-state index in [0.717, 1.165) is 37.6 Å². The highest BCUT2D eigenvalue weighted by Crippen LogP contribution is 2.38. The lowest BCUT2D eigenvalue weighted by molar-refractivity contribution is 0.0160. The summed E-state index contributed by atoms with van der Waals surface area (Å²) in [5, 5.41) is 4.07. The van der Waals surface area contributed by atoms with Crippen molar-refractivity contribution in [2.24, 2.45) is 5.41 Å². The third-order valence-corrected chi connectivity index (χ3v) is 4.94. The van der Waals surface area contributed by atoms with Gasteiger partial charge >= 0.3 is 0 Å². The standard InChI is InChI=1S/C16H28N4O/c1-3-6-14-17-15(21-18-14)11-20-10-5-8-16(13-20)7-4-9-19(2)12-16/h3-13H2,1-2H3. The molecule has 0 aromatic carbocycles. The summed E-state index contributed by atoms with van der Waals surface area (Å²) in [6.45, 7) is 7.81. The first-order chi connectivity index (χ1) is 10.2. The summed E-state index contributed by atoms with van der Waals surface area (Å²) < 4.78 is 5.40. The number of hydrogen-bond donors (Lipinski definition) is 0. The minimum atomic E-state index is 0.498. The number of nitrogens with zero attached hydrogens (tertiary/aromatic N) is 4. The number of aromatic nitrogens is 2. The number of likely N-dealkylation sites (tertiary alicyclic amines) is 2. The van der Waals surface area contributed by atoms with Crippen LogP contribution in [0.15, 0.2) is 4.52 Å². The van der Waals surface area contributed by atoms with Crippen molar-refractivity contribution in [1.29, 1.82) is 0 Å². The molecule has 2 fully saturated rings. The molecule has 1 aromatic rings. The summed E-state index contributed by atoms with van der Waals surface area (Å²) in [6.07, 6.45) is 7.36. The van der Waals surface area contributed by atoms with Crippen molar-refractivity contribution in [3.63, 3.8) is 0 Å². The third-order valence-electron chi connectivity index (χ3n) is 4.94. The van der Waals surface area contributed by atoms with Crippen LogP contribution >= 0.6 is 0 Å². The van der Waals surface area contributed by atoms with Gasteiger partial charge in [0.25, 0.3) is 0 Å². The van der Waals surface area contributed by atoms with Crippen LogP contribution in [-0.2, 0) is 13.0 Å². The second kappa shape index (κ2) is 6.44. The highest BCUT2D eigenvalue weighted by Gasteiger charge is 2.38. The van der Waals surface area contributed by atoms with E-state index in [0.29, 0.717) is 5.41 Å². The summed E-state index contributed by atoms with van der Waals surface area (Å²) in [5.74, 6) is 1.65. The van der Waals surface area contributed by atoms with Crippen LogP contribution in [0.4, 0.5) is 0 Å². The van der Waals surface area contributed by atoms with Gasteiger partial charge in [0.1, 0.15) is 0 Å². The van der Waals surface area contributed by atoms with E-state index in [1.807, 2.05) is 0 Å². The van der Waals surface area contributed by atoms with Crippen molar-refractivity contribution in [2.45, 2.75) is 52.0 Å². The molecule has 2 aliphatic rings. The van der Waals surface area contributed by atoms with E-state index in [-0.39, 0.29) is 0 Å². The molecule has 0 aliphatic carbocycles. The Bertz CT molecular complexity index is 457. The molecule has 3 rings (SSSR count). The van der Waals surface area contributed by atoms with Crippen molar-refractivity contribution in [3.05, 3.63) is 11.7 Å². The Morgan fingerprint density at radius 3 is 2.76 bits per heavy atom. The molecule has 118 valence electrons. The number of aryl methyl sites for hydroxylation is 1. The molecule has 5 heteroatoms. The van der Waals surface area contributed by atoms with Crippen molar-refractivity contribution in [2.75, 3.05) is 33.2 Å². The molecule has 21 heavy (non-hydrogen) atoms. The Morgan fingerprint density at radius 1 is 1.19 bits per heavy atom. The largest absolute Gasteiger partial charge is 0.338 e. The van der Waals surface area contributed by atoms with Crippen LogP contribution < -0.4 is 0 Å². The Kier molecular flexibility index (Phi) is 4.60. The summed E-state index contributed by atoms with van der Waals surface area (Å²) >= 11 is 0. The lowest BCUT2D eigenvalue weighted by Gasteiger charge is -2.47. The van der Waals surface area contributed by atoms with Crippen molar-refractivity contribution < 1.29 is 4.52 Å². The Morgan fingerprint density at radius 2 is 2.00 bits per heavy atom. The second-order valence-electron chi connectivity index (χ2n) is 7.01. The molecule has 0 bridgehead atoms. The zero-order valence-corrected chi connectivity index (χ0v) is 13.5. The molecule has 0 N–H and O–H groups in total. The second-order valence-corrected chi connectivity index (χ2v) is 7.01. The summed E-state index contributed by atoms with van der Waals surface area (Å²) in [4.78, 5) is 9.53. The number of hydrogen-bond acceptors (Lipinski definition) is 5. The minimum Gasteiger partial charge on any atom is -0.338 e. The SMILES string of the molecule is CCCc1noc(CN2CCCC3(CCCN(C)C3)C2)n1. The van der Waals surface area contributed by atoms with E-state index in [9.17, 15) is 0 Å². The van der Waals surface area contributed by atoms with Crippen LogP contribution in [-0.4, -0.2) is 53.2 Å². The Labute approximate surface area is 127 Å². The molecule has 0 radical (unpaired) electrons. The Hall–Kier alpha value is -0.940. The maximum Gasteiger partial charge on any atom is 0.240 e. The quantitative estimate of drug-likeness (QED) is 0.852. The third kappa shape index (κ3) is 3.64. The van der Waals surface area contributed by atoms with Crippen molar-refractivity contribution >= 4 is 0 Å². The molecule has 0 amide bonds. The van der Waals surface area contributed by atoms with Crippen molar-refractivity contribution in [3.8, 4) is 0 Å². The number of piperidine rings is 2. The monoisotopic (exact) mass is 292 g/mol. The van der Waals surface area contributed by atoms with Gasteiger partial charge in [0.05, 0.1) is 6.54 Å². The van der Waals surface area contributed by atoms with Gasteiger partial charge in [-0.15, -0.1) is 0 Å². The number of rotatable bonds is 4. The van der Waals surface area contributed by atoms with E-state index in [2.05, 4.69) is 33.9 Å². The predicted molar refractivity (Wildman–Crippen MR) is 82.0 cm³/mol. The van der Waals surface area contributed by atoms with Crippen LogP contribution in [0.5, 0.6) is 0 Å². The average Bonchev–Trinajstić information content (AvgIpc) is 2.86. The van der Waals surface area contributed by atoms with E-state index >= 15 is 0 Å². The van der Waals surface area contributed by atoms with Gasteiger partial charge in [0, 0.05) is 19.5 Å². The van der Waals surface area contributed by atoms with Gasteiger partial charge in [-0.25, -0.2) is 0 Å². The molecule has 1 aromatic heterocycles. The normalized spacial score (nSPS) is 28.3. The van der Waals surface area contributed by atoms with Crippen LogP contribution in [0.25, 0.3) is 0 Å². The highest BCUT2D eigenvalue weighted by molar-refractivity contribution is 4.94. The summed E-state index contributed by atoms with van der Waals surface area (Å²) in [6, 6.07) is 0. The molecule has 2 saturated heterocycles. The van der Waals surface area contributed by atoms with Gasteiger partial charge in [0.15, 0.2) is 5.82 Å². The summed E-state index contributed by atoms with van der Waals surface area (Å²) in [7, 11) is 2.26. The van der Waals surface area contributed by atoms with Crippen LogP contribution in [0.2, 0.25) is 0 Å². The van der Waals surface area contributed by atoms with Gasteiger partial charge in [-0.2, -0.15) is 4.98 Å². The van der Waals surface area contributed by atoms with Gasteiger partial charge in [0.2, 0.25) is 5.89 Å². The zero-order chi connectivity index (χ0) is 14.7. The fourth-order valence-electron chi connectivity index (χ4n) is 4.10. The van der Waals surface area contributed by atoms with E-state index in [1.54, 1.807) is 0 Å². The van der Waals surface area contributed by atoms with E-state index in [4.69, 9.17) is 4.52 Å².